The number of fused-ring (bicyclic) bond motifs is 3. The summed E-state index contributed by atoms with van der Waals surface area (Å²) in [5.41, 5.74) is 6.03. The van der Waals surface area contributed by atoms with Crippen molar-refractivity contribution >= 4 is 33.7 Å². The average Bonchev–Trinajstić information content (AvgIpc) is 3.19. The molecule has 0 saturated heterocycles. The van der Waals surface area contributed by atoms with Crippen LogP contribution in [0.1, 0.15) is 21.5 Å². The molecular weight excluding hydrogens is 310 g/mol. The van der Waals surface area contributed by atoms with Crippen LogP contribution in [0.3, 0.4) is 0 Å². The second-order valence-corrected chi connectivity index (χ2v) is 7.72. The molecule has 0 amide bonds. The van der Waals surface area contributed by atoms with E-state index in [1.807, 2.05) is 6.07 Å². The number of aliphatic imine (C=N–C) groups is 1. The minimum Gasteiger partial charge on any atom is -0.293 e. The number of hydrogen-bond donors (Lipinski definition) is 0. The van der Waals surface area contributed by atoms with E-state index in [0.29, 0.717) is 5.75 Å². The van der Waals surface area contributed by atoms with Crippen LogP contribution >= 0.6 is 23.5 Å². The van der Waals surface area contributed by atoms with Crippen molar-refractivity contribution in [3.63, 3.8) is 0 Å². The maximum atomic E-state index is 12.4. The summed E-state index contributed by atoms with van der Waals surface area (Å²) in [7, 11) is 0. The standard InChI is InChI=1S/C18H15NOS2/c20-17(11-22-18-19-7-8-21-18)13-5-6-16-14(10-13)9-12-3-1-2-4-15(12)16/h1-6,10H,7-9,11H2. The Bertz CT molecular complexity index is 782. The van der Waals surface area contributed by atoms with Gasteiger partial charge in [0, 0.05) is 11.3 Å². The Balaban J connectivity index is 1.52. The molecule has 22 heavy (non-hydrogen) atoms. The number of carbonyl (C=O) groups is 1. The van der Waals surface area contributed by atoms with E-state index in [1.54, 1.807) is 23.5 Å². The van der Waals surface area contributed by atoms with Crippen molar-refractivity contribution in [1.82, 2.24) is 0 Å². The summed E-state index contributed by atoms with van der Waals surface area (Å²) in [5, 5.41) is 0. The third-order valence-corrected chi connectivity index (χ3v) is 6.25. The molecule has 0 bridgehead atoms. The van der Waals surface area contributed by atoms with Gasteiger partial charge in [-0.05, 0) is 34.7 Å². The third kappa shape index (κ3) is 2.61. The van der Waals surface area contributed by atoms with E-state index < -0.39 is 0 Å². The minimum atomic E-state index is 0.193. The second-order valence-electron chi connectivity index (χ2n) is 5.41. The molecule has 4 rings (SSSR count). The highest BCUT2D eigenvalue weighted by atomic mass is 32.2. The quantitative estimate of drug-likeness (QED) is 0.673. The summed E-state index contributed by atoms with van der Waals surface area (Å²) < 4.78 is 1.06. The fourth-order valence-corrected chi connectivity index (χ4v) is 4.84. The first-order valence-corrected chi connectivity index (χ1v) is 9.33. The van der Waals surface area contributed by atoms with Crippen LogP contribution in [0.25, 0.3) is 11.1 Å². The molecule has 0 aromatic heterocycles. The fourth-order valence-electron chi connectivity index (χ4n) is 2.93. The molecule has 1 aliphatic carbocycles. The molecule has 0 atom stereocenters. The molecule has 0 unspecified atom stereocenters. The van der Waals surface area contributed by atoms with E-state index in [-0.39, 0.29) is 5.78 Å². The van der Waals surface area contributed by atoms with E-state index in [0.717, 1.165) is 28.7 Å². The number of Topliss-reactive ketones (excluding diaryl/α,β-unsaturated/α-hetero) is 1. The van der Waals surface area contributed by atoms with Crippen molar-refractivity contribution in [2.75, 3.05) is 18.1 Å². The Kier molecular flexibility index (Phi) is 3.80. The van der Waals surface area contributed by atoms with Crippen molar-refractivity contribution in [3.8, 4) is 11.1 Å². The molecule has 0 radical (unpaired) electrons. The van der Waals surface area contributed by atoms with Gasteiger partial charge >= 0.3 is 0 Å². The Morgan fingerprint density at radius 3 is 2.86 bits per heavy atom. The van der Waals surface area contributed by atoms with E-state index in [1.165, 1.54) is 22.3 Å². The van der Waals surface area contributed by atoms with Crippen molar-refractivity contribution < 1.29 is 4.79 Å². The van der Waals surface area contributed by atoms with Gasteiger partial charge in [-0.15, -0.1) is 0 Å². The highest BCUT2D eigenvalue weighted by Gasteiger charge is 2.19. The number of hydrogen-bond acceptors (Lipinski definition) is 4. The van der Waals surface area contributed by atoms with Gasteiger partial charge in [0.25, 0.3) is 0 Å². The lowest BCUT2D eigenvalue weighted by molar-refractivity contribution is 0.102. The molecule has 110 valence electrons. The molecule has 1 heterocycles. The van der Waals surface area contributed by atoms with Crippen LogP contribution in [0.5, 0.6) is 0 Å². The Hall–Kier alpha value is -1.52. The number of rotatable bonds is 3. The smallest absolute Gasteiger partial charge is 0.173 e. The molecule has 0 fully saturated rings. The zero-order valence-corrected chi connectivity index (χ0v) is 13.7. The van der Waals surface area contributed by atoms with Gasteiger partial charge in [-0.2, -0.15) is 0 Å². The van der Waals surface area contributed by atoms with Gasteiger partial charge in [0.2, 0.25) is 0 Å². The monoisotopic (exact) mass is 325 g/mol. The molecule has 0 spiro atoms. The predicted octanol–water partition coefficient (Wildman–Crippen LogP) is 4.28. The van der Waals surface area contributed by atoms with Crippen molar-refractivity contribution in [2.24, 2.45) is 4.99 Å². The lowest BCUT2D eigenvalue weighted by Gasteiger charge is -2.05. The SMILES string of the molecule is O=C(CSC1=NCCS1)c1ccc2c(c1)Cc1ccccc1-2. The van der Waals surface area contributed by atoms with Crippen LogP contribution in [0.4, 0.5) is 0 Å². The third-order valence-electron chi connectivity index (χ3n) is 4.00. The summed E-state index contributed by atoms with van der Waals surface area (Å²) in [6.45, 7) is 0.887. The first kappa shape index (κ1) is 14.1. The maximum Gasteiger partial charge on any atom is 0.173 e. The predicted molar refractivity (Wildman–Crippen MR) is 96.2 cm³/mol. The summed E-state index contributed by atoms with van der Waals surface area (Å²) in [6, 6.07) is 14.6. The van der Waals surface area contributed by atoms with E-state index >= 15 is 0 Å². The first-order valence-electron chi connectivity index (χ1n) is 7.36. The summed E-state index contributed by atoms with van der Waals surface area (Å²) in [4.78, 5) is 16.8. The largest absolute Gasteiger partial charge is 0.293 e. The number of carbonyl (C=O) groups excluding carboxylic acids is 1. The first-order chi connectivity index (χ1) is 10.8. The minimum absolute atomic E-state index is 0.193. The Morgan fingerprint density at radius 1 is 1.14 bits per heavy atom. The molecule has 2 aromatic rings. The lowest BCUT2D eigenvalue weighted by atomic mass is 10.0. The van der Waals surface area contributed by atoms with Crippen molar-refractivity contribution in [1.29, 1.82) is 0 Å². The van der Waals surface area contributed by atoms with Crippen LogP contribution in [-0.4, -0.2) is 28.2 Å². The van der Waals surface area contributed by atoms with E-state index in [4.69, 9.17) is 0 Å². The van der Waals surface area contributed by atoms with Crippen molar-refractivity contribution in [3.05, 3.63) is 59.2 Å². The highest BCUT2D eigenvalue weighted by Crippen LogP contribution is 2.36. The number of ketones is 1. The van der Waals surface area contributed by atoms with Crippen LogP contribution in [0, 0.1) is 0 Å². The van der Waals surface area contributed by atoms with Gasteiger partial charge in [-0.3, -0.25) is 9.79 Å². The molecular formula is C18H15NOS2. The lowest BCUT2D eigenvalue weighted by Crippen LogP contribution is -2.04. The molecule has 2 aliphatic rings. The fraction of sp³-hybridized carbons (Fsp3) is 0.222. The van der Waals surface area contributed by atoms with Gasteiger partial charge in [-0.25, -0.2) is 0 Å². The summed E-state index contributed by atoms with van der Waals surface area (Å²) in [6.07, 6.45) is 0.933. The highest BCUT2D eigenvalue weighted by molar-refractivity contribution is 8.39. The van der Waals surface area contributed by atoms with E-state index in [9.17, 15) is 4.79 Å². The van der Waals surface area contributed by atoms with Gasteiger partial charge in [0.15, 0.2) is 5.78 Å². The van der Waals surface area contributed by atoms with Gasteiger partial charge in [0.05, 0.1) is 12.3 Å². The second kappa shape index (κ2) is 5.94. The number of benzene rings is 2. The molecule has 0 saturated carbocycles. The number of thioether (sulfide) groups is 2. The zero-order valence-electron chi connectivity index (χ0n) is 12.0. The topological polar surface area (TPSA) is 29.4 Å². The molecule has 2 aromatic carbocycles. The van der Waals surface area contributed by atoms with Crippen LogP contribution in [0.15, 0.2) is 47.5 Å². The Labute approximate surface area is 138 Å². The molecule has 4 heteroatoms. The summed E-state index contributed by atoms with van der Waals surface area (Å²) >= 11 is 3.32. The normalized spacial score (nSPS) is 15.4. The summed E-state index contributed by atoms with van der Waals surface area (Å²) in [5.74, 6) is 1.73. The van der Waals surface area contributed by atoms with Crippen LogP contribution in [0.2, 0.25) is 0 Å². The average molecular weight is 325 g/mol. The van der Waals surface area contributed by atoms with Crippen molar-refractivity contribution in [2.45, 2.75) is 6.42 Å². The maximum absolute atomic E-state index is 12.4. The van der Waals surface area contributed by atoms with Crippen LogP contribution in [-0.2, 0) is 6.42 Å². The Morgan fingerprint density at radius 2 is 2.00 bits per heavy atom. The van der Waals surface area contributed by atoms with Gasteiger partial charge < -0.3 is 0 Å². The van der Waals surface area contributed by atoms with Crippen LogP contribution < -0.4 is 0 Å². The van der Waals surface area contributed by atoms with Gasteiger partial charge in [0.1, 0.15) is 4.38 Å². The van der Waals surface area contributed by atoms with Gasteiger partial charge in [-0.1, -0.05) is 59.9 Å². The molecule has 0 N–H and O–H groups in total. The number of nitrogens with zero attached hydrogens (tertiary/aromatic N) is 1. The molecule has 1 aliphatic heterocycles. The zero-order chi connectivity index (χ0) is 14.9. The van der Waals surface area contributed by atoms with E-state index in [2.05, 4.69) is 41.4 Å². The molecule has 2 nitrogen and oxygen atoms in total.